The minimum atomic E-state index is -0.993. The number of carboxylic acids is 1. The van der Waals surface area contributed by atoms with E-state index in [1.54, 1.807) is 0 Å². The molecule has 2 amide bonds. The second kappa shape index (κ2) is 7.95. The molecule has 1 aromatic carbocycles. The predicted octanol–water partition coefficient (Wildman–Crippen LogP) is 2.12. The fraction of sp³-hybridized carbons (Fsp3) is 0.500. The maximum atomic E-state index is 11.9. The Balaban J connectivity index is 1.79. The summed E-state index contributed by atoms with van der Waals surface area (Å²) in [5, 5.41) is 14.5. The van der Waals surface area contributed by atoms with Gasteiger partial charge in [0.15, 0.2) is 0 Å². The molecule has 6 nitrogen and oxygen atoms in total. The summed E-state index contributed by atoms with van der Waals surface area (Å²) in [6.07, 6.45) is 2.47. The number of carbonyl (C=O) groups excluding carboxylic acids is 2. The Kier molecular flexibility index (Phi) is 5.95. The molecule has 6 heteroatoms. The molecule has 130 valence electrons. The number of rotatable bonds is 8. The van der Waals surface area contributed by atoms with Gasteiger partial charge in [0.25, 0.3) is 0 Å². The number of aliphatic carboxylic acids is 1. The van der Waals surface area contributed by atoms with Crippen LogP contribution in [-0.4, -0.2) is 28.9 Å². The van der Waals surface area contributed by atoms with Gasteiger partial charge < -0.3 is 15.7 Å². The van der Waals surface area contributed by atoms with E-state index in [1.807, 2.05) is 32.0 Å². The van der Waals surface area contributed by atoms with Gasteiger partial charge in [-0.05, 0) is 42.4 Å². The number of carboxylic acid groups (broad SMARTS) is 1. The largest absolute Gasteiger partial charge is 0.480 e. The maximum absolute atomic E-state index is 11.9. The van der Waals surface area contributed by atoms with E-state index in [0.29, 0.717) is 19.3 Å². The van der Waals surface area contributed by atoms with Crippen LogP contribution < -0.4 is 10.6 Å². The van der Waals surface area contributed by atoms with Crippen molar-refractivity contribution in [1.29, 1.82) is 0 Å². The van der Waals surface area contributed by atoms with Crippen LogP contribution >= 0.6 is 0 Å². The van der Waals surface area contributed by atoms with Crippen molar-refractivity contribution in [2.75, 3.05) is 5.32 Å². The molecular formula is C18H24N2O4. The Morgan fingerprint density at radius 2 is 2.08 bits per heavy atom. The van der Waals surface area contributed by atoms with Crippen molar-refractivity contribution in [2.45, 2.75) is 52.0 Å². The van der Waals surface area contributed by atoms with Gasteiger partial charge in [-0.3, -0.25) is 9.59 Å². The minimum absolute atomic E-state index is 0.00592. The predicted molar refractivity (Wildman–Crippen MR) is 90.7 cm³/mol. The third-order valence-electron chi connectivity index (χ3n) is 4.00. The Labute approximate surface area is 141 Å². The SMILES string of the molecule is CC(C)CC(NC(=O)CCCc1ccc2c(c1)CC(=O)N2)C(=O)O. The van der Waals surface area contributed by atoms with Crippen LogP contribution in [0.1, 0.15) is 44.2 Å². The zero-order chi connectivity index (χ0) is 17.7. The molecule has 0 saturated heterocycles. The fourth-order valence-corrected chi connectivity index (χ4v) is 2.85. The van der Waals surface area contributed by atoms with Crippen LogP contribution in [0.15, 0.2) is 18.2 Å². The van der Waals surface area contributed by atoms with Gasteiger partial charge in [-0.2, -0.15) is 0 Å². The van der Waals surface area contributed by atoms with E-state index >= 15 is 0 Å². The number of hydrogen-bond acceptors (Lipinski definition) is 3. The molecule has 0 aromatic heterocycles. The molecule has 1 aliphatic heterocycles. The fourth-order valence-electron chi connectivity index (χ4n) is 2.85. The summed E-state index contributed by atoms with van der Waals surface area (Å²) in [7, 11) is 0. The second-order valence-corrected chi connectivity index (χ2v) is 6.66. The van der Waals surface area contributed by atoms with Crippen molar-refractivity contribution in [2.24, 2.45) is 5.92 Å². The van der Waals surface area contributed by atoms with E-state index in [4.69, 9.17) is 5.11 Å². The van der Waals surface area contributed by atoms with Gasteiger partial charge in [0.05, 0.1) is 6.42 Å². The van der Waals surface area contributed by atoms with Crippen LogP contribution in [0.2, 0.25) is 0 Å². The van der Waals surface area contributed by atoms with Crippen LogP contribution in [-0.2, 0) is 27.2 Å². The summed E-state index contributed by atoms with van der Waals surface area (Å²) in [4.78, 5) is 34.4. The van der Waals surface area contributed by atoms with Crippen LogP contribution in [0.3, 0.4) is 0 Å². The van der Waals surface area contributed by atoms with E-state index < -0.39 is 12.0 Å². The number of aryl methyl sites for hydroxylation is 1. The average Bonchev–Trinajstić information content (AvgIpc) is 2.85. The summed E-state index contributed by atoms with van der Waals surface area (Å²) < 4.78 is 0. The first kappa shape index (κ1) is 18.0. The lowest BCUT2D eigenvalue weighted by molar-refractivity contribution is -0.142. The van der Waals surface area contributed by atoms with Crippen LogP contribution in [0.4, 0.5) is 5.69 Å². The average molecular weight is 332 g/mol. The van der Waals surface area contributed by atoms with Gasteiger partial charge in [0.2, 0.25) is 11.8 Å². The van der Waals surface area contributed by atoms with Gasteiger partial charge in [-0.1, -0.05) is 26.0 Å². The van der Waals surface area contributed by atoms with Gasteiger partial charge >= 0.3 is 5.97 Å². The molecule has 0 aliphatic carbocycles. The van der Waals surface area contributed by atoms with Crippen LogP contribution in [0, 0.1) is 5.92 Å². The van der Waals surface area contributed by atoms with Gasteiger partial charge in [0.1, 0.15) is 6.04 Å². The number of anilines is 1. The summed E-state index contributed by atoms with van der Waals surface area (Å²) >= 11 is 0. The highest BCUT2D eigenvalue weighted by Gasteiger charge is 2.21. The normalized spacial score (nSPS) is 14.2. The number of carbonyl (C=O) groups is 3. The highest BCUT2D eigenvalue weighted by atomic mass is 16.4. The Hall–Kier alpha value is -2.37. The lowest BCUT2D eigenvalue weighted by Gasteiger charge is -2.16. The molecule has 0 saturated carbocycles. The molecule has 0 radical (unpaired) electrons. The number of nitrogens with one attached hydrogen (secondary N) is 2. The third kappa shape index (κ3) is 5.08. The van der Waals surface area contributed by atoms with Crippen molar-refractivity contribution in [3.63, 3.8) is 0 Å². The number of hydrogen-bond donors (Lipinski definition) is 3. The number of amides is 2. The molecule has 1 aliphatic rings. The number of fused-ring (bicyclic) bond motifs is 1. The van der Waals surface area contributed by atoms with E-state index in [2.05, 4.69) is 10.6 Å². The summed E-state index contributed by atoms with van der Waals surface area (Å²) in [5.74, 6) is -1.02. The molecule has 2 rings (SSSR count). The molecule has 0 fully saturated rings. The zero-order valence-corrected chi connectivity index (χ0v) is 14.1. The summed E-state index contributed by atoms with van der Waals surface area (Å²) in [6.45, 7) is 3.85. The minimum Gasteiger partial charge on any atom is -0.480 e. The monoisotopic (exact) mass is 332 g/mol. The van der Waals surface area contributed by atoms with E-state index in [-0.39, 0.29) is 24.2 Å². The van der Waals surface area contributed by atoms with E-state index in [0.717, 1.165) is 23.2 Å². The zero-order valence-electron chi connectivity index (χ0n) is 14.1. The molecule has 24 heavy (non-hydrogen) atoms. The van der Waals surface area contributed by atoms with Gasteiger partial charge in [0, 0.05) is 12.1 Å². The molecule has 1 atom stereocenters. The molecule has 1 unspecified atom stereocenters. The first-order valence-electron chi connectivity index (χ1n) is 8.29. The standard InChI is InChI=1S/C18H24N2O4/c1-11(2)8-15(18(23)24)20-16(21)5-3-4-12-6-7-14-13(9-12)10-17(22)19-14/h6-7,9,11,15H,3-5,8,10H2,1-2H3,(H,19,22)(H,20,21)(H,23,24). The summed E-state index contributed by atoms with van der Waals surface area (Å²) in [5.41, 5.74) is 2.93. The summed E-state index contributed by atoms with van der Waals surface area (Å²) in [6, 6.07) is 5.00. The molecule has 0 bridgehead atoms. The highest BCUT2D eigenvalue weighted by molar-refractivity contribution is 5.99. The number of benzene rings is 1. The van der Waals surface area contributed by atoms with E-state index in [9.17, 15) is 14.4 Å². The lowest BCUT2D eigenvalue weighted by Crippen LogP contribution is -2.41. The second-order valence-electron chi connectivity index (χ2n) is 6.66. The molecular weight excluding hydrogens is 308 g/mol. The quantitative estimate of drug-likeness (QED) is 0.679. The first-order valence-corrected chi connectivity index (χ1v) is 8.29. The Bertz CT molecular complexity index is 640. The van der Waals surface area contributed by atoms with Crippen molar-refractivity contribution in [3.8, 4) is 0 Å². The molecule has 0 spiro atoms. The van der Waals surface area contributed by atoms with Crippen LogP contribution in [0.5, 0.6) is 0 Å². The molecule has 1 heterocycles. The molecule has 1 aromatic rings. The van der Waals surface area contributed by atoms with Crippen molar-refractivity contribution >= 4 is 23.5 Å². The molecule has 3 N–H and O–H groups in total. The van der Waals surface area contributed by atoms with E-state index in [1.165, 1.54) is 0 Å². The van der Waals surface area contributed by atoms with Crippen molar-refractivity contribution < 1.29 is 19.5 Å². The van der Waals surface area contributed by atoms with Gasteiger partial charge in [-0.25, -0.2) is 4.79 Å². The lowest BCUT2D eigenvalue weighted by atomic mass is 10.0. The van der Waals surface area contributed by atoms with Crippen molar-refractivity contribution in [3.05, 3.63) is 29.3 Å². The topological polar surface area (TPSA) is 95.5 Å². The van der Waals surface area contributed by atoms with Gasteiger partial charge in [-0.15, -0.1) is 0 Å². The van der Waals surface area contributed by atoms with Crippen molar-refractivity contribution in [1.82, 2.24) is 5.32 Å². The van der Waals surface area contributed by atoms with Crippen LogP contribution in [0.25, 0.3) is 0 Å². The highest BCUT2D eigenvalue weighted by Crippen LogP contribution is 2.24. The first-order chi connectivity index (χ1) is 11.3. The third-order valence-corrected chi connectivity index (χ3v) is 4.00. The maximum Gasteiger partial charge on any atom is 0.326 e. The Morgan fingerprint density at radius 3 is 2.75 bits per heavy atom. The smallest absolute Gasteiger partial charge is 0.326 e. The Morgan fingerprint density at radius 1 is 1.33 bits per heavy atom.